The number of hydrogen-bond acceptors (Lipinski definition) is 3. The number of halogens is 2. The fourth-order valence-electron chi connectivity index (χ4n) is 2.77. The fraction of sp³-hybridized carbons (Fsp3) is 0.375. The smallest absolute Gasteiger partial charge is 0.276 e. The van der Waals surface area contributed by atoms with Crippen molar-refractivity contribution in [2.24, 2.45) is 0 Å². The highest BCUT2D eigenvalue weighted by molar-refractivity contribution is 6.31. The number of carbonyl (C=O) groups excluding carboxylic acids is 1. The van der Waals surface area contributed by atoms with E-state index in [1.165, 1.54) is 17.0 Å². The average Bonchev–Trinajstić information content (AvgIpc) is 2.97. The van der Waals surface area contributed by atoms with E-state index in [4.69, 9.17) is 16.1 Å². The van der Waals surface area contributed by atoms with Gasteiger partial charge in [-0.3, -0.25) is 4.79 Å². The molecule has 5 nitrogen and oxygen atoms in total. The molecule has 1 aromatic heterocycles. The summed E-state index contributed by atoms with van der Waals surface area (Å²) in [7, 11) is 0. The maximum atomic E-state index is 13.1. The number of benzene rings is 1. The summed E-state index contributed by atoms with van der Waals surface area (Å²) < 4.78 is 18.0. The lowest BCUT2D eigenvalue weighted by atomic mass is 10.2. The summed E-state index contributed by atoms with van der Waals surface area (Å²) in [4.78, 5) is 15.4. The molecule has 2 aromatic rings. The third kappa shape index (κ3) is 3.71. The van der Waals surface area contributed by atoms with Gasteiger partial charge in [0.15, 0.2) is 5.69 Å². The first-order chi connectivity index (χ1) is 11.0. The summed E-state index contributed by atoms with van der Waals surface area (Å²) in [5.74, 6) is 0.205. The molecule has 0 spiro atoms. The molecule has 1 aliphatic heterocycles. The molecular weight excluding hydrogens is 321 g/mol. The Labute approximate surface area is 138 Å². The first kappa shape index (κ1) is 16.0. The van der Waals surface area contributed by atoms with Crippen LogP contribution in [0.3, 0.4) is 0 Å². The number of rotatable bonds is 3. The highest BCUT2D eigenvalue weighted by Gasteiger charge is 2.26. The first-order valence-corrected chi connectivity index (χ1v) is 7.91. The molecule has 0 bridgehead atoms. The van der Waals surface area contributed by atoms with Gasteiger partial charge >= 0.3 is 0 Å². The maximum Gasteiger partial charge on any atom is 0.276 e. The minimum Gasteiger partial charge on any atom is -0.361 e. The Morgan fingerprint density at radius 1 is 1.39 bits per heavy atom. The lowest BCUT2D eigenvalue weighted by Crippen LogP contribution is -3.13. The van der Waals surface area contributed by atoms with Gasteiger partial charge in [0.25, 0.3) is 5.91 Å². The zero-order valence-electron chi connectivity index (χ0n) is 12.8. The van der Waals surface area contributed by atoms with Crippen molar-refractivity contribution in [1.82, 2.24) is 10.1 Å². The Balaban J connectivity index is 1.57. The van der Waals surface area contributed by atoms with Crippen LogP contribution in [-0.4, -0.2) is 42.1 Å². The van der Waals surface area contributed by atoms with Gasteiger partial charge in [0.1, 0.15) is 18.1 Å². The Bertz CT molecular complexity index is 711. The summed E-state index contributed by atoms with van der Waals surface area (Å²) in [6, 6.07) is 6.14. The van der Waals surface area contributed by atoms with Crippen molar-refractivity contribution in [3.8, 4) is 0 Å². The number of nitrogens with zero attached hydrogens (tertiary/aromatic N) is 2. The molecule has 1 saturated heterocycles. The molecule has 1 aliphatic rings. The highest BCUT2D eigenvalue weighted by Crippen LogP contribution is 2.16. The molecule has 1 fully saturated rings. The predicted molar refractivity (Wildman–Crippen MR) is 83.0 cm³/mol. The van der Waals surface area contributed by atoms with Crippen LogP contribution in [0.2, 0.25) is 5.02 Å². The predicted octanol–water partition coefficient (Wildman–Crippen LogP) is 1.32. The standard InChI is InChI=1S/C16H17ClFN3O2/c1-11-8-15(19-23-11)16(22)21-6-4-20(5-7-21)10-12-2-3-13(18)9-14(12)17/h2-3,8-9H,4-7,10H2,1H3/p+1. The molecule has 1 aromatic carbocycles. The molecule has 3 rings (SSSR count). The van der Waals surface area contributed by atoms with Crippen LogP contribution in [0, 0.1) is 12.7 Å². The van der Waals surface area contributed by atoms with Crippen LogP contribution in [0.25, 0.3) is 0 Å². The van der Waals surface area contributed by atoms with Crippen molar-refractivity contribution in [2.45, 2.75) is 13.5 Å². The second-order valence-electron chi connectivity index (χ2n) is 5.78. The number of amides is 1. The zero-order chi connectivity index (χ0) is 16.4. The SMILES string of the molecule is Cc1cc(C(=O)N2CC[NH+](Cc3ccc(F)cc3Cl)CC2)no1. The number of hydrogen-bond donors (Lipinski definition) is 1. The van der Waals surface area contributed by atoms with Crippen LogP contribution in [0.1, 0.15) is 21.8 Å². The van der Waals surface area contributed by atoms with E-state index in [0.29, 0.717) is 29.6 Å². The average molecular weight is 339 g/mol. The van der Waals surface area contributed by atoms with Gasteiger partial charge in [-0.1, -0.05) is 16.8 Å². The van der Waals surface area contributed by atoms with Crippen molar-refractivity contribution in [3.05, 3.63) is 52.1 Å². The lowest BCUT2D eigenvalue weighted by molar-refractivity contribution is -0.917. The fourth-order valence-corrected chi connectivity index (χ4v) is 3.00. The quantitative estimate of drug-likeness (QED) is 0.918. The van der Waals surface area contributed by atoms with Gasteiger partial charge in [-0.2, -0.15) is 0 Å². The van der Waals surface area contributed by atoms with Crippen LogP contribution >= 0.6 is 11.6 Å². The summed E-state index contributed by atoms with van der Waals surface area (Å²) >= 11 is 6.07. The van der Waals surface area contributed by atoms with Crippen molar-refractivity contribution >= 4 is 17.5 Å². The number of nitrogens with one attached hydrogen (secondary N) is 1. The van der Waals surface area contributed by atoms with Gasteiger partial charge in [0.2, 0.25) is 0 Å². The molecule has 2 heterocycles. The molecule has 0 saturated carbocycles. The summed E-state index contributed by atoms with van der Waals surface area (Å²) in [6.07, 6.45) is 0. The van der Waals surface area contributed by atoms with Gasteiger partial charge in [0, 0.05) is 11.6 Å². The van der Waals surface area contributed by atoms with Crippen molar-refractivity contribution < 1.29 is 18.6 Å². The molecule has 0 atom stereocenters. The van der Waals surface area contributed by atoms with E-state index in [9.17, 15) is 9.18 Å². The van der Waals surface area contributed by atoms with Crippen LogP contribution < -0.4 is 4.90 Å². The van der Waals surface area contributed by atoms with Gasteiger partial charge < -0.3 is 14.3 Å². The number of aryl methyl sites for hydroxylation is 1. The van der Waals surface area contributed by atoms with E-state index in [1.807, 2.05) is 0 Å². The van der Waals surface area contributed by atoms with E-state index in [2.05, 4.69) is 5.16 Å². The molecular formula is C16H18ClFN3O2+. The summed E-state index contributed by atoms with van der Waals surface area (Å²) in [5, 5.41) is 4.22. The van der Waals surface area contributed by atoms with Gasteiger partial charge in [0.05, 0.1) is 31.2 Å². The Morgan fingerprint density at radius 2 is 2.13 bits per heavy atom. The van der Waals surface area contributed by atoms with Gasteiger partial charge in [-0.25, -0.2) is 4.39 Å². The highest BCUT2D eigenvalue weighted by atomic mass is 35.5. The van der Waals surface area contributed by atoms with Crippen LogP contribution in [0.4, 0.5) is 4.39 Å². The van der Waals surface area contributed by atoms with Gasteiger partial charge in [-0.05, 0) is 25.1 Å². The van der Waals surface area contributed by atoms with E-state index in [0.717, 1.165) is 25.2 Å². The van der Waals surface area contributed by atoms with Crippen LogP contribution in [0.5, 0.6) is 0 Å². The Kier molecular flexibility index (Phi) is 4.63. The third-order valence-electron chi connectivity index (χ3n) is 4.06. The molecule has 7 heteroatoms. The topological polar surface area (TPSA) is 50.8 Å². The van der Waals surface area contributed by atoms with E-state index < -0.39 is 0 Å². The van der Waals surface area contributed by atoms with Crippen molar-refractivity contribution in [2.75, 3.05) is 26.2 Å². The largest absolute Gasteiger partial charge is 0.361 e. The summed E-state index contributed by atoms with van der Waals surface area (Å²) in [5.41, 5.74) is 1.28. The Hall–Kier alpha value is -1.92. The van der Waals surface area contributed by atoms with Crippen LogP contribution in [-0.2, 0) is 6.54 Å². The number of piperazine rings is 1. The Morgan fingerprint density at radius 3 is 2.74 bits per heavy atom. The number of quaternary nitrogens is 1. The van der Waals surface area contributed by atoms with Gasteiger partial charge in [-0.15, -0.1) is 0 Å². The molecule has 0 radical (unpaired) electrons. The molecule has 0 unspecified atom stereocenters. The second kappa shape index (κ2) is 6.68. The third-order valence-corrected chi connectivity index (χ3v) is 4.41. The second-order valence-corrected chi connectivity index (χ2v) is 6.18. The van der Waals surface area contributed by atoms with E-state index in [1.54, 1.807) is 24.0 Å². The van der Waals surface area contributed by atoms with Crippen molar-refractivity contribution in [1.29, 1.82) is 0 Å². The minimum absolute atomic E-state index is 0.0966. The molecule has 122 valence electrons. The molecule has 1 amide bonds. The van der Waals surface area contributed by atoms with Crippen molar-refractivity contribution in [3.63, 3.8) is 0 Å². The monoisotopic (exact) mass is 338 g/mol. The maximum absolute atomic E-state index is 13.1. The normalized spacial score (nSPS) is 15.9. The molecule has 0 aliphatic carbocycles. The lowest BCUT2D eigenvalue weighted by Gasteiger charge is -2.31. The summed E-state index contributed by atoms with van der Waals surface area (Å²) in [6.45, 7) is 5.42. The minimum atomic E-state index is -0.327. The number of aromatic nitrogens is 1. The zero-order valence-corrected chi connectivity index (χ0v) is 13.6. The number of carbonyl (C=O) groups is 1. The van der Waals surface area contributed by atoms with Crippen LogP contribution in [0.15, 0.2) is 28.8 Å². The first-order valence-electron chi connectivity index (χ1n) is 7.53. The van der Waals surface area contributed by atoms with E-state index >= 15 is 0 Å². The molecule has 1 N–H and O–H groups in total. The van der Waals surface area contributed by atoms with E-state index in [-0.39, 0.29) is 11.7 Å². The molecule has 23 heavy (non-hydrogen) atoms.